The number of hydrogen-bond acceptors (Lipinski definition) is 7. The number of nitrogens with zero attached hydrogens (tertiary/aromatic N) is 5. The zero-order valence-corrected chi connectivity index (χ0v) is 12.1. The topological polar surface area (TPSA) is 104 Å². The lowest BCUT2D eigenvalue weighted by Gasteiger charge is -2.22. The van der Waals surface area contributed by atoms with Crippen LogP contribution in [0.25, 0.3) is 0 Å². The fourth-order valence-electron chi connectivity index (χ4n) is 2.29. The molecule has 1 aromatic heterocycles. The molecule has 2 rings (SSSR count). The van der Waals surface area contributed by atoms with Gasteiger partial charge in [0, 0.05) is 40.2 Å². The van der Waals surface area contributed by atoms with Crippen LogP contribution in [0, 0.1) is 10.1 Å². The lowest BCUT2D eigenvalue weighted by atomic mass is 10.3. The lowest BCUT2D eigenvalue weighted by molar-refractivity contribution is -0.384. The van der Waals surface area contributed by atoms with E-state index in [2.05, 4.69) is 15.3 Å². The Morgan fingerprint density at radius 3 is 2.76 bits per heavy atom. The third-order valence-corrected chi connectivity index (χ3v) is 3.41. The molecule has 1 aromatic rings. The Labute approximate surface area is 122 Å². The first kappa shape index (κ1) is 14.9. The van der Waals surface area contributed by atoms with E-state index in [9.17, 15) is 14.9 Å². The Morgan fingerprint density at radius 2 is 2.14 bits per heavy atom. The summed E-state index contributed by atoms with van der Waals surface area (Å²) in [6.07, 6.45) is 1.96. The zero-order valence-electron chi connectivity index (χ0n) is 12.1. The van der Waals surface area contributed by atoms with E-state index in [1.807, 2.05) is 4.90 Å². The van der Waals surface area contributed by atoms with Gasteiger partial charge in [0.25, 0.3) is 0 Å². The van der Waals surface area contributed by atoms with Crippen molar-refractivity contribution in [2.24, 2.45) is 0 Å². The van der Waals surface area contributed by atoms with Gasteiger partial charge in [0.05, 0.1) is 4.92 Å². The van der Waals surface area contributed by atoms with Crippen LogP contribution in [0.2, 0.25) is 0 Å². The number of amides is 1. The number of anilines is 2. The molecule has 0 aromatic carbocycles. The molecule has 2 heterocycles. The molecule has 114 valence electrons. The van der Waals surface area contributed by atoms with Crippen LogP contribution in [-0.2, 0) is 4.79 Å². The van der Waals surface area contributed by atoms with E-state index < -0.39 is 4.92 Å². The Morgan fingerprint density at radius 1 is 1.38 bits per heavy atom. The van der Waals surface area contributed by atoms with Gasteiger partial charge in [-0.3, -0.25) is 14.9 Å². The van der Waals surface area contributed by atoms with Gasteiger partial charge in [-0.05, 0) is 6.42 Å². The third kappa shape index (κ3) is 3.36. The van der Waals surface area contributed by atoms with Gasteiger partial charge in [-0.2, -0.15) is 4.98 Å². The molecular formula is C12H18N6O3. The van der Waals surface area contributed by atoms with Crippen molar-refractivity contribution in [1.82, 2.24) is 14.9 Å². The molecule has 1 N–H and O–H groups in total. The molecule has 0 aliphatic carbocycles. The van der Waals surface area contributed by atoms with E-state index in [1.165, 1.54) is 13.1 Å². The molecule has 1 fully saturated rings. The second kappa shape index (κ2) is 6.33. The van der Waals surface area contributed by atoms with Gasteiger partial charge in [0.1, 0.15) is 6.20 Å². The SMILES string of the molecule is CNc1ncc([N+](=O)[O-])c(N2CCCN(C(C)=O)CC2)n1. The van der Waals surface area contributed by atoms with Crippen LogP contribution in [0.15, 0.2) is 6.20 Å². The predicted molar refractivity (Wildman–Crippen MR) is 77.3 cm³/mol. The van der Waals surface area contributed by atoms with Gasteiger partial charge in [-0.25, -0.2) is 4.98 Å². The molecular weight excluding hydrogens is 276 g/mol. The summed E-state index contributed by atoms with van der Waals surface area (Å²) >= 11 is 0. The summed E-state index contributed by atoms with van der Waals surface area (Å²) in [4.78, 5) is 33.8. The number of nitro groups is 1. The Hall–Kier alpha value is -2.45. The minimum Gasteiger partial charge on any atom is -0.357 e. The Balaban J connectivity index is 2.27. The Bertz CT molecular complexity index is 550. The highest BCUT2D eigenvalue weighted by atomic mass is 16.6. The largest absolute Gasteiger partial charge is 0.357 e. The molecule has 0 radical (unpaired) electrons. The summed E-state index contributed by atoms with van der Waals surface area (Å²) < 4.78 is 0. The van der Waals surface area contributed by atoms with E-state index >= 15 is 0 Å². The summed E-state index contributed by atoms with van der Waals surface area (Å²) in [6.45, 7) is 3.85. The second-order valence-corrected chi connectivity index (χ2v) is 4.76. The molecule has 0 saturated carbocycles. The summed E-state index contributed by atoms with van der Waals surface area (Å²) in [5.74, 6) is 0.651. The van der Waals surface area contributed by atoms with Crippen molar-refractivity contribution in [2.45, 2.75) is 13.3 Å². The van der Waals surface area contributed by atoms with Gasteiger partial charge in [-0.1, -0.05) is 0 Å². The number of nitrogens with one attached hydrogen (secondary N) is 1. The van der Waals surface area contributed by atoms with E-state index in [0.717, 1.165) is 6.42 Å². The summed E-state index contributed by atoms with van der Waals surface area (Å²) in [7, 11) is 1.66. The molecule has 0 bridgehead atoms. The lowest BCUT2D eigenvalue weighted by Crippen LogP contribution is -2.34. The molecule has 9 heteroatoms. The van der Waals surface area contributed by atoms with Crippen molar-refractivity contribution in [3.8, 4) is 0 Å². The maximum Gasteiger partial charge on any atom is 0.329 e. The number of rotatable bonds is 3. The highest BCUT2D eigenvalue weighted by Gasteiger charge is 2.25. The van der Waals surface area contributed by atoms with E-state index in [0.29, 0.717) is 37.9 Å². The zero-order chi connectivity index (χ0) is 15.4. The fraction of sp³-hybridized carbons (Fsp3) is 0.583. The van der Waals surface area contributed by atoms with Crippen LogP contribution in [0.5, 0.6) is 0 Å². The molecule has 0 spiro atoms. The second-order valence-electron chi connectivity index (χ2n) is 4.76. The van der Waals surface area contributed by atoms with Gasteiger partial charge in [0.15, 0.2) is 0 Å². The van der Waals surface area contributed by atoms with Crippen molar-refractivity contribution in [3.05, 3.63) is 16.3 Å². The van der Waals surface area contributed by atoms with Gasteiger partial charge in [0.2, 0.25) is 17.7 Å². The first-order valence-electron chi connectivity index (χ1n) is 6.72. The van der Waals surface area contributed by atoms with E-state index in [1.54, 1.807) is 11.9 Å². The quantitative estimate of drug-likeness (QED) is 0.638. The van der Waals surface area contributed by atoms with Crippen LogP contribution in [0.4, 0.5) is 17.5 Å². The van der Waals surface area contributed by atoms with Gasteiger partial charge < -0.3 is 15.1 Å². The first-order chi connectivity index (χ1) is 10.0. The minimum atomic E-state index is -0.484. The highest BCUT2D eigenvalue weighted by molar-refractivity contribution is 5.73. The molecule has 0 unspecified atom stereocenters. The summed E-state index contributed by atoms with van der Waals surface area (Å²) in [5, 5.41) is 13.9. The fourth-order valence-corrected chi connectivity index (χ4v) is 2.29. The Kier molecular flexibility index (Phi) is 4.51. The molecule has 1 amide bonds. The third-order valence-electron chi connectivity index (χ3n) is 3.41. The molecule has 9 nitrogen and oxygen atoms in total. The summed E-state index contributed by atoms with van der Waals surface area (Å²) in [6, 6.07) is 0. The molecule has 21 heavy (non-hydrogen) atoms. The maximum atomic E-state index is 11.4. The smallest absolute Gasteiger partial charge is 0.329 e. The number of aromatic nitrogens is 2. The predicted octanol–water partition coefficient (Wildman–Crippen LogP) is 0.485. The van der Waals surface area contributed by atoms with E-state index in [4.69, 9.17) is 0 Å². The normalized spacial score (nSPS) is 15.5. The number of carbonyl (C=O) groups excluding carboxylic acids is 1. The van der Waals surface area contributed by atoms with Crippen LogP contribution in [0.3, 0.4) is 0 Å². The molecule has 1 saturated heterocycles. The van der Waals surface area contributed by atoms with Crippen LogP contribution >= 0.6 is 0 Å². The van der Waals surface area contributed by atoms with Crippen molar-refractivity contribution < 1.29 is 9.72 Å². The molecule has 1 aliphatic heterocycles. The summed E-state index contributed by atoms with van der Waals surface area (Å²) in [5.41, 5.74) is -0.120. The first-order valence-corrected chi connectivity index (χ1v) is 6.72. The van der Waals surface area contributed by atoms with Gasteiger partial charge >= 0.3 is 5.69 Å². The minimum absolute atomic E-state index is 0.0185. The van der Waals surface area contributed by atoms with Crippen molar-refractivity contribution in [2.75, 3.05) is 43.4 Å². The van der Waals surface area contributed by atoms with Crippen molar-refractivity contribution in [1.29, 1.82) is 0 Å². The van der Waals surface area contributed by atoms with Gasteiger partial charge in [-0.15, -0.1) is 0 Å². The highest BCUT2D eigenvalue weighted by Crippen LogP contribution is 2.26. The average molecular weight is 294 g/mol. The van der Waals surface area contributed by atoms with Crippen LogP contribution in [0.1, 0.15) is 13.3 Å². The number of hydrogen-bond donors (Lipinski definition) is 1. The monoisotopic (exact) mass is 294 g/mol. The van der Waals surface area contributed by atoms with Crippen molar-refractivity contribution in [3.63, 3.8) is 0 Å². The van der Waals surface area contributed by atoms with E-state index in [-0.39, 0.29) is 11.6 Å². The van der Waals surface area contributed by atoms with Crippen LogP contribution < -0.4 is 10.2 Å². The van der Waals surface area contributed by atoms with Crippen LogP contribution in [-0.4, -0.2) is 58.9 Å². The van der Waals surface area contributed by atoms with Crippen molar-refractivity contribution >= 4 is 23.4 Å². The number of carbonyl (C=O) groups is 1. The maximum absolute atomic E-state index is 11.4. The molecule has 0 atom stereocenters. The standard InChI is InChI=1S/C12H18N6O3/c1-9(19)16-4-3-5-17(7-6-16)11-10(18(20)21)8-14-12(13-2)15-11/h8H,3-7H2,1-2H3,(H,13,14,15). The molecule has 1 aliphatic rings. The average Bonchev–Trinajstić information content (AvgIpc) is 2.72.